The highest BCUT2D eigenvalue weighted by atomic mass is 16.6. The third-order valence-electron chi connectivity index (χ3n) is 4.41. The van der Waals surface area contributed by atoms with Crippen LogP contribution >= 0.6 is 0 Å². The lowest BCUT2D eigenvalue weighted by Crippen LogP contribution is -2.16. The van der Waals surface area contributed by atoms with E-state index < -0.39 is 6.09 Å². The van der Waals surface area contributed by atoms with Crippen molar-refractivity contribution in [1.82, 2.24) is 0 Å². The first-order valence-corrected chi connectivity index (χ1v) is 8.94. The molecule has 2 aromatic carbocycles. The summed E-state index contributed by atoms with van der Waals surface area (Å²) in [6, 6.07) is 20.3. The Labute approximate surface area is 164 Å². The van der Waals surface area contributed by atoms with Crippen LogP contribution in [0.1, 0.15) is 0 Å². The number of rotatable bonds is 2. The minimum absolute atomic E-state index is 0.268. The van der Waals surface area contributed by atoms with E-state index in [9.17, 15) is 4.79 Å². The number of carbonyl (C=O) groups excluding carboxylic acids is 1. The minimum atomic E-state index is -0.622. The van der Waals surface area contributed by atoms with Crippen LogP contribution in [0.15, 0.2) is 98.8 Å². The number of ether oxygens (including phenoxy) is 1. The molecule has 5 rings (SSSR count). The molecule has 2 aliphatic heterocycles. The highest BCUT2D eigenvalue weighted by Gasteiger charge is 2.12. The SMILES string of the molecule is O=C(Nc1ccc2ccccc2c1)Oc1cccocc2ccoc2cc2oc1=2. The molecule has 1 amide bonds. The van der Waals surface area contributed by atoms with E-state index in [-0.39, 0.29) is 5.75 Å². The van der Waals surface area contributed by atoms with Crippen LogP contribution in [0.5, 0.6) is 5.75 Å². The van der Waals surface area contributed by atoms with Gasteiger partial charge in [0.05, 0.1) is 17.9 Å². The third-order valence-corrected chi connectivity index (χ3v) is 4.41. The Bertz CT molecular complexity index is 1440. The summed E-state index contributed by atoms with van der Waals surface area (Å²) in [6.07, 6.45) is 3.96. The molecular formula is C23H15NO5. The zero-order valence-electron chi connectivity index (χ0n) is 15.1. The smallest absolute Gasteiger partial charge is 0.417 e. The number of fused-ring (bicyclic) bond motifs is 2. The van der Waals surface area contributed by atoms with E-state index in [2.05, 4.69) is 5.32 Å². The van der Waals surface area contributed by atoms with Gasteiger partial charge in [0.1, 0.15) is 11.8 Å². The van der Waals surface area contributed by atoms with Crippen molar-refractivity contribution in [3.63, 3.8) is 0 Å². The maximum Gasteiger partial charge on any atom is 0.417 e. The molecule has 0 saturated heterocycles. The van der Waals surface area contributed by atoms with E-state index in [0.717, 1.165) is 16.2 Å². The van der Waals surface area contributed by atoms with Crippen LogP contribution in [0.2, 0.25) is 0 Å². The van der Waals surface area contributed by atoms with Crippen molar-refractivity contribution in [1.29, 1.82) is 0 Å². The molecule has 6 nitrogen and oxygen atoms in total. The number of nitrogens with one attached hydrogen (secondary N) is 1. The van der Waals surface area contributed by atoms with E-state index in [1.807, 2.05) is 42.5 Å². The number of hydrogen-bond donors (Lipinski definition) is 1. The zero-order chi connectivity index (χ0) is 19.6. The van der Waals surface area contributed by atoms with Gasteiger partial charge in [0.15, 0.2) is 11.2 Å². The largest absolute Gasteiger partial charge is 0.472 e. The second-order valence-electron chi connectivity index (χ2n) is 6.37. The minimum Gasteiger partial charge on any atom is -0.472 e. The molecule has 0 atom stereocenters. The molecule has 3 aromatic rings. The van der Waals surface area contributed by atoms with Gasteiger partial charge < -0.3 is 18.0 Å². The topological polar surface area (TPSA) is 77.8 Å². The number of anilines is 1. The van der Waals surface area contributed by atoms with Crippen molar-refractivity contribution in [3.8, 4) is 5.75 Å². The molecule has 1 aromatic heterocycles. The second-order valence-corrected chi connectivity index (χ2v) is 6.37. The quantitative estimate of drug-likeness (QED) is 0.390. The Kier molecular flexibility index (Phi) is 4.14. The number of amides is 1. The van der Waals surface area contributed by atoms with Crippen LogP contribution in [-0.2, 0) is 0 Å². The summed E-state index contributed by atoms with van der Waals surface area (Å²) in [5, 5.41) is 5.63. The highest BCUT2D eigenvalue weighted by Crippen LogP contribution is 2.23. The van der Waals surface area contributed by atoms with Crippen LogP contribution in [-0.4, -0.2) is 6.09 Å². The van der Waals surface area contributed by atoms with E-state index in [0.29, 0.717) is 22.1 Å². The van der Waals surface area contributed by atoms with Crippen molar-refractivity contribution < 1.29 is 22.8 Å². The van der Waals surface area contributed by atoms with Crippen LogP contribution in [0.4, 0.5) is 10.5 Å². The maximum atomic E-state index is 12.4. The van der Waals surface area contributed by atoms with Crippen LogP contribution < -0.4 is 10.1 Å². The van der Waals surface area contributed by atoms with Gasteiger partial charge in [0, 0.05) is 11.8 Å². The van der Waals surface area contributed by atoms with Crippen molar-refractivity contribution in [2.75, 3.05) is 5.32 Å². The monoisotopic (exact) mass is 385 g/mol. The summed E-state index contributed by atoms with van der Waals surface area (Å²) in [4.78, 5) is 12.4. The highest BCUT2D eigenvalue weighted by molar-refractivity contribution is 5.91. The summed E-state index contributed by atoms with van der Waals surface area (Å²) in [5.74, 6) is 0.268. The van der Waals surface area contributed by atoms with Crippen LogP contribution in [0.25, 0.3) is 21.7 Å². The van der Waals surface area contributed by atoms with Crippen molar-refractivity contribution in [2.24, 2.45) is 0 Å². The van der Waals surface area contributed by atoms with Crippen molar-refractivity contribution in [3.05, 3.63) is 96.4 Å². The summed E-state index contributed by atoms with van der Waals surface area (Å²) >= 11 is 0. The number of hydrogen-bond acceptors (Lipinski definition) is 5. The molecule has 0 spiro atoms. The van der Waals surface area contributed by atoms with Gasteiger partial charge in [-0.05, 0) is 41.1 Å². The van der Waals surface area contributed by atoms with Gasteiger partial charge in [-0.3, -0.25) is 5.32 Å². The lowest BCUT2D eigenvalue weighted by Gasteiger charge is -2.06. The molecule has 3 heterocycles. The predicted molar refractivity (Wildman–Crippen MR) is 107 cm³/mol. The first kappa shape index (κ1) is 16.9. The van der Waals surface area contributed by atoms with E-state index >= 15 is 0 Å². The first-order valence-electron chi connectivity index (χ1n) is 8.94. The van der Waals surface area contributed by atoms with Gasteiger partial charge >= 0.3 is 6.09 Å². The van der Waals surface area contributed by atoms with Gasteiger partial charge in [-0.2, -0.15) is 0 Å². The fraction of sp³-hybridized carbons (Fsp3) is 0. The summed E-state index contributed by atoms with van der Waals surface area (Å²) in [7, 11) is 0. The lowest BCUT2D eigenvalue weighted by atomic mass is 10.1. The number of carbonyl (C=O) groups is 1. The molecule has 142 valence electrons. The molecule has 2 aliphatic rings. The molecule has 0 fully saturated rings. The Hall–Kier alpha value is -4.19. The molecule has 0 aliphatic carbocycles. The molecule has 29 heavy (non-hydrogen) atoms. The Morgan fingerprint density at radius 1 is 0.862 bits per heavy atom. The van der Waals surface area contributed by atoms with E-state index in [1.54, 1.807) is 36.8 Å². The summed E-state index contributed by atoms with van der Waals surface area (Å²) < 4.78 is 21.7. The average Bonchev–Trinajstić information content (AvgIpc) is 3.35. The molecule has 0 radical (unpaired) electrons. The first-order chi connectivity index (χ1) is 14.3. The molecule has 1 N–H and O–H groups in total. The van der Waals surface area contributed by atoms with E-state index in [4.69, 9.17) is 18.0 Å². The summed E-state index contributed by atoms with van der Waals surface area (Å²) in [5.41, 5.74) is 2.25. The molecule has 0 saturated carbocycles. The Balaban J connectivity index is 1.45. The lowest BCUT2D eigenvalue weighted by molar-refractivity contribution is 0.214. The van der Waals surface area contributed by atoms with Gasteiger partial charge in [-0.1, -0.05) is 30.3 Å². The van der Waals surface area contributed by atoms with Crippen molar-refractivity contribution in [2.45, 2.75) is 0 Å². The third kappa shape index (κ3) is 3.64. The number of furan rings is 1. The summed E-state index contributed by atoms with van der Waals surface area (Å²) in [6.45, 7) is 0. The van der Waals surface area contributed by atoms with Gasteiger partial charge in [-0.25, -0.2) is 4.79 Å². The predicted octanol–water partition coefficient (Wildman–Crippen LogP) is 6.23. The zero-order valence-corrected chi connectivity index (χ0v) is 15.1. The molecule has 0 bridgehead atoms. The Morgan fingerprint density at radius 3 is 2.69 bits per heavy atom. The number of benzene rings is 2. The van der Waals surface area contributed by atoms with Gasteiger partial charge in [0.2, 0.25) is 5.42 Å². The Morgan fingerprint density at radius 2 is 1.76 bits per heavy atom. The van der Waals surface area contributed by atoms with Crippen molar-refractivity contribution >= 4 is 33.5 Å². The van der Waals surface area contributed by atoms with Gasteiger partial charge in [0.25, 0.3) is 0 Å². The van der Waals surface area contributed by atoms with E-state index in [1.165, 1.54) is 6.26 Å². The van der Waals surface area contributed by atoms with Gasteiger partial charge in [-0.15, -0.1) is 0 Å². The second kappa shape index (κ2) is 7.09. The fourth-order valence-corrected chi connectivity index (χ4v) is 2.97. The van der Waals surface area contributed by atoms with Crippen LogP contribution in [0, 0.1) is 10.8 Å². The van der Waals surface area contributed by atoms with Crippen LogP contribution in [0.3, 0.4) is 0 Å². The molecule has 6 heteroatoms. The molecular weight excluding hydrogens is 370 g/mol. The maximum absolute atomic E-state index is 12.4. The average molecular weight is 385 g/mol. The molecule has 0 unspecified atom stereocenters. The standard InChI is InChI=1S/C23H15NO5/c25-23(24-18-8-7-15-4-1-2-5-16(15)12-18)29-19-6-3-10-26-14-17-9-11-27-20(17)13-21-22(19)28-21/h1-14H,(H,24,25). The fourth-order valence-electron chi connectivity index (χ4n) is 2.97. The normalized spacial score (nSPS) is 10.9.